The molecule has 136 valence electrons. The highest BCUT2D eigenvalue weighted by Gasteiger charge is 2.41. The smallest absolute Gasteiger partial charge is 0.245 e. The molecule has 25 heavy (non-hydrogen) atoms. The number of anilines is 1. The lowest BCUT2D eigenvalue weighted by Gasteiger charge is -2.33. The normalized spacial score (nSPS) is 24.4. The van der Waals surface area contributed by atoms with E-state index < -0.39 is 10.0 Å². The summed E-state index contributed by atoms with van der Waals surface area (Å²) in [5, 5.41) is 0. The highest BCUT2D eigenvalue weighted by molar-refractivity contribution is 9.10. The van der Waals surface area contributed by atoms with Crippen LogP contribution in [-0.2, 0) is 21.2 Å². The van der Waals surface area contributed by atoms with Gasteiger partial charge in [0.05, 0.1) is 5.69 Å². The molecule has 5 nitrogen and oxygen atoms in total. The van der Waals surface area contributed by atoms with Crippen LogP contribution < -0.4 is 4.90 Å². The van der Waals surface area contributed by atoms with Gasteiger partial charge in [-0.05, 0) is 56.7 Å². The van der Waals surface area contributed by atoms with Crippen LogP contribution in [0.25, 0.3) is 0 Å². The molecule has 0 bridgehead atoms. The van der Waals surface area contributed by atoms with Crippen molar-refractivity contribution >= 4 is 37.5 Å². The Morgan fingerprint density at radius 3 is 2.60 bits per heavy atom. The van der Waals surface area contributed by atoms with Gasteiger partial charge in [0.2, 0.25) is 15.9 Å². The number of hydrogen-bond acceptors (Lipinski definition) is 3. The Bertz CT molecular complexity index is 820. The second-order valence-electron chi connectivity index (χ2n) is 7.39. The molecule has 1 atom stereocenters. The zero-order valence-electron chi connectivity index (χ0n) is 14.4. The highest BCUT2D eigenvalue weighted by Crippen LogP contribution is 2.42. The van der Waals surface area contributed by atoms with Crippen molar-refractivity contribution in [2.75, 3.05) is 18.0 Å². The molecule has 1 unspecified atom stereocenters. The molecule has 1 saturated heterocycles. The van der Waals surface area contributed by atoms with E-state index in [-0.39, 0.29) is 22.8 Å². The van der Waals surface area contributed by atoms with Gasteiger partial charge in [-0.3, -0.25) is 4.79 Å². The Kier molecular flexibility index (Phi) is 4.45. The molecule has 0 N–H and O–H groups in total. The van der Waals surface area contributed by atoms with Crippen molar-refractivity contribution in [3.05, 3.63) is 22.2 Å². The van der Waals surface area contributed by atoms with Crippen LogP contribution in [0.3, 0.4) is 0 Å². The number of carbonyl (C=O) groups excluding carboxylic acids is 1. The van der Waals surface area contributed by atoms with Gasteiger partial charge in [-0.15, -0.1) is 0 Å². The van der Waals surface area contributed by atoms with Crippen molar-refractivity contribution in [1.82, 2.24) is 4.31 Å². The van der Waals surface area contributed by atoms with E-state index in [1.54, 1.807) is 15.3 Å². The lowest BCUT2D eigenvalue weighted by molar-refractivity contribution is -0.119. The number of amides is 1. The monoisotopic (exact) mass is 426 g/mol. The van der Waals surface area contributed by atoms with Crippen LogP contribution >= 0.6 is 15.9 Å². The Morgan fingerprint density at radius 2 is 1.92 bits per heavy atom. The molecule has 2 heterocycles. The Morgan fingerprint density at radius 1 is 1.16 bits per heavy atom. The van der Waals surface area contributed by atoms with E-state index in [1.807, 2.05) is 13.0 Å². The second kappa shape index (κ2) is 6.35. The summed E-state index contributed by atoms with van der Waals surface area (Å²) in [5.74, 6) is 0.170. The first-order valence-electron chi connectivity index (χ1n) is 9.05. The largest absolute Gasteiger partial charge is 0.310 e. The molecule has 4 rings (SSSR count). The number of hydrogen-bond donors (Lipinski definition) is 0. The number of carbonyl (C=O) groups is 1. The number of piperidine rings is 1. The molecule has 0 spiro atoms. The molecule has 2 aliphatic heterocycles. The van der Waals surface area contributed by atoms with Gasteiger partial charge in [0.15, 0.2) is 0 Å². The number of nitrogens with zero attached hydrogens (tertiary/aromatic N) is 2. The van der Waals surface area contributed by atoms with Crippen LogP contribution in [0.5, 0.6) is 0 Å². The molecule has 3 aliphatic rings. The van der Waals surface area contributed by atoms with E-state index in [4.69, 9.17) is 0 Å². The summed E-state index contributed by atoms with van der Waals surface area (Å²) in [5.41, 5.74) is 1.57. The summed E-state index contributed by atoms with van der Waals surface area (Å²) < 4.78 is 29.2. The molecular formula is C18H23BrN2O3S. The van der Waals surface area contributed by atoms with Gasteiger partial charge in [-0.25, -0.2) is 8.42 Å². The Labute approximate surface area is 157 Å². The van der Waals surface area contributed by atoms with Crippen molar-refractivity contribution in [1.29, 1.82) is 0 Å². The summed E-state index contributed by atoms with van der Waals surface area (Å²) in [4.78, 5) is 14.7. The minimum absolute atomic E-state index is 0.00219. The van der Waals surface area contributed by atoms with Crippen LogP contribution in [0.4, 0.5) is 5.69 Å². The predicted octanol–water partition coefficient (Wildman–Crippen LogP) is 3.31. The van der Waals surface area contributed by atoms with Crippen LogP contribution in [0.2, 0.25) is 0 Å². The second-order valence-corrected chi connectivity index (χ2v) is 10.2. The van der Waals surface area contributed by atoms with Crippen molar-refractivity contribution < 1.29 is 13.2 Å². The van der Waals surface area contributed by atoms with Gasteiger partial charge in [0, 0.05) is 29.5 Å². The SMILES string of the molecule is CC1CCCCN1S(=O)(=O)c1cc(Br)cc2c1N(C(=O)C1CC1)CC2. The number of halogens is 1. The Hall–Kier alpha value is -0.920. The number of sulfonamides is 1. The van der Waals surface area contributed by atoms with E-state index in [9.17, 15) is 13.2 Å². The number of rotatable bonds is 3. The van der Waals surface area contributed by atoms with Gasteiger partial charge in [0.1, 0.15) is 4.90 Å². The third-order valence-electron chi connectivity index (χ3n) is 5.51. The fourth-order valence-corrected chi connectivity index (χ4v) is 6.61. The topological polar surface area (TPSA) is 57.7 Å². The first-order chi connectivity index (χ1) is 11.9. The van der Waals surface area contributed by atoms with Crippen molar-refractivity contribution in [2.24, 2.45) is 5.92 Å². The Balaban J connectivity index is 1.80. The lowest BCUT2D eigenvalue weighted by Crippen LogP contribution is -2.42. The lowest BCUT2D eigenvalue weighted by atomic mass is 10.1. The zero-order chi connectivity index (χ0) is 17.8. The predicted molar refractivity (Wildman–Crippen MR) is 100 cm³/mol. The molecule has 7 heteroatoms. The average molecular weight is 427 g/mol. The molecular weight excluding hydrogens is 404 g/mol. The molecule has 1 aliphatic carbocycles. The summed E-state index contributed by atoms with van der Waals surface area (Å²) in [6.07, 6.45) is 5.41. The molecule has 2 fully saturated rings. The quantitative estimate of drug-likeness (QED) is 0.744. The van der Waals surface area contributed by atoms with E-state index in [0.717, 1.165) is 42.1 Å². The fraction of sp³-hybridized carbons (Fsp3) is 0.611. The van der Waals surface area contributed by atoms with Crippen LogP contribution in [0, 0.1) is 5.92 Å². The average Bonchev–Trinajstić information content (AvgIpc) is 3.34. The van der Waals surface area contributed by atoms with Crippen molar-refractivity contribution in [3.63, 3.8) is 0 Å². The van der Waals surface area contributed by atoms with E-state index in [1.165, 1.54) is 0 Å². The standard InChI is InChI=1S/C18H23BrN2O3S/c1-12-4-2-3-8-21(12)25(23,24)16-11-15(19)10-14-7-9-20(17(14)16)18(22)13-5-6-13/h10-13H,2-9H2,1H3. The number of fused-ring (bicyclic) bond motifs is 1. The molecule has 0 aromatic heterocycles. The van der Waals surface area contributed by atoms with Gasteiger partial charge in [0.25, 0.3) is 0 Å². The highest BCUT2D eigenvalue weighted by atomic mass is 79.9. The first kappa shape index (κ1) is 17.5. The molecule has 1 aromatic rings. The maximum atomic E-state index is 13.4. The maximum absolute atomic E-state index is 13.4. The molecule has 1 aromatic carbocycles. The molecule has 1 amide bonds. The van der Waals surface area contributed by atoms with E-state index in [0.29, 0.717) is 25.2 Å². The minimum Gasteiger partial charge on any atom is -0.310 e. The van der Waals surface area contributed by atoms with Crippen molar-refractivity contribution in [3.8, 4) is 0 Å². The zero-order valence-corrected chi connectivity index (χ0v) is 16.8. The van der Waals surface area contributed by atoms with E-state index >= 15 is 0 Å². The molecule has 0 radical (unpaired) electrons. The third kappa shape index (κ3) is 3.04. The van der Waals surface area contributed by atoms with Gasteiger partial charge in [-0.1, -0.05) is 22.4 Å². The number of benzene rings is 1. The third-order valence-corrected chi connectivity index (χ3v) is 8.00. The summed E-state index contributed by atoms with van der Waals surface area (Å²) in [7, 11) is -3.62. The molecule has 1 saturated carbocycles. The summed E-state index contributed by atoms with van der Waals surface area (Å²) >= 11 is 3.46. The van der Waals surface area contributed by atoms with Crippen LogP contribution in [0.15, 0.2) is 21.5 Å². The van der Waals surface area contributed by atoms with Crippen molar-refractivity contribution in [2.45, 2.75) is 56.4 Å². The van der Waals surface area contributed by atoms with Crippen LogP contribution in [0.1, 0.15) is 44.6 Å². The first-order valence-corrected chi connectivity index (χ1v) is 11.3. The fourth-order valence-electron chi connectivity index (χ4n) is 3.99. The summed E-state index contributed by atoms with van der Waals surface area (Å²) in [6.45, 7) is 3.11. The van der Waals surface area contributed by atoms with Crippen LogP contribution in [-0.4, -0.2) is 37.8 Å². The minimum atomic E-state index is -3.62. The van der Waals surface area contributed by atoms with Gasteiger partial charge < -0.3 is 4.90 Å². The maximum Gasteiger partial charge on any atom is 0.245 e. The van der Waals surface area contributed by atoms with E-state index in [2.05, 4.69) is 15.9 Å². The van der Waals surface area contributed by atoms with Gasteiger partial charge in [-0.2, -0.15) is 4.31 Å². The van der Waals surface area contributed by atoms with Gasteiger partial charge >= 0.3 is 0 Å². The summed E-state index contributed by atoms with van der Waals surface area (Å²) in [6, 6.07) is 3.63.